The van der Waals surface area contributed by atoms with Crippen LogP contribution in [0.2, 0.25) is 0 Å². The third-order valence-corrected chi connectivity index (χ3v) is 4.43. The van der Waals surface area contributed by atoms with Crippen molar-refractivity contribution < 1.29 is 19.0 Å². The van der Waals surface area contributed by atoms with Crippen molar-refractivity contribution in [2.24, 2.45) is 5.92 Å². The third kappa shape index (κ3) is 2.08. The van der Waals surface area contributed by atoms with Crippen LogP contribution in [0.15, 0.2) is 16.6 Å². The largest absolute Gasteiger partial charge is 0.492 e. The lowest BCUT2D eigenvalue weighted by molar-refractivity contribution is -0.138. The normalized spacial score (nSPS) is 24.7. The second-order valence-corrected chi connectivity index (χ2v) is 6.28. The lowest BCUT2D eigenvalue weighted by Gasteiger charge is -2.08. The van der Waals surface area contributed by atoms with Gasteiger partial charge < -0.3 is 9.84 Å². The molecule has 98 valence electrons. The van der Waals surface area contributed by atoms with Gasteiger partial charge in [-0.25, -0.2) is 4.39 Å². The molecule has 1 aromatic carbocycles. The lowest BCUT2D eigenvalue weighted by Crippen LogP contribution is -2.03. The Morgan fingerprint density at radius 3 is 2.56 bits per heavy atom. The summed E-state index contributed by atoms with van der Waals surface area (Å²) >= 11 is 14.9. The highest BCUT2D eigenvalue weighted by molar-refractivity contribution is 9.10. The number of alkyl halides is 2. The quantitative estimate of drug-likeness (QED) is 0.841. The molecule has 2 atom stereocenters. The fraction of sp³-hybridized carbons (Fsp3) is 0.364. The van der Waals surface area contributed by atoms with Crippen molar-refractivity contribution in [2.45, 2.75) is 10.3 Å². The van der Waals surface area contributed by atoms with Gasteiger partial charge >= 0.3 is 5.97 Å². The molecule has 0 radical (unpaired) electrons. The highest BCUT2D eigenvalue weighted by Crippen LogP contribution is 2.65. The van der Waals surface area contributed by atoms with Gasteiger partial charge in [0, 0.05) is 5.92 Å². The molecule has 1 N–H and O–H groups in total. The average Bonchev–Trinajstić information content (AvgIpc) is 2.81. The van der Waals surface area contributed by atoms with Crippen molar-refractivity contribution in [2.75, 3.05) is 7.11 Å². The first-order chi connectivity index (χ1) is 8.30. The Hall–Kier alpha value is -0.520. The molecule has 0 bridgehead atoms. The van der Waals surface area contributed by atoms with E-state index in [1.807, 2.05) is 0 Å². The molecule has 0 unspecified atom stereocenters. The van der Waals surface area contributed by atoms with Crippen LogP contribution in [0.4, 0.5) is 4.39 Å². The van der Waals surface area contributed by atoms with Gasteiger partial charge in [0.2, 0.25) is 0 Å². The van der Waals surface area contributed by atoms with E-state index < -0.39 is 28.0 Å². The molecule has 0 aliphatic heterocycles. The zero-order valence-electron chi connectivity index (χ0n) is 9.08. The molecule has 7 heteroatoms. The predicted molar refractivity (Wildman–Crippen MR) is 69.0 cm³/mol. The van der Waals surface area contributed by atoms with E-state index in [2.05, 4.69) is 15.9 Å². The van der Waals surface area contributed by atoms with Crippen LogP contribution in [0.3, 0.4) is 0 Å². The van der Waals surface area contributed by atoms with Gasteiger partial charge in [0.25, 0.3) is 0 Å². The predicted octanol–water partition coefficient (Wildman–Crippen LogP) is 3.57. The molecule has 1 aromatic rings. The van der Waals surface area contributed by atoms with Gasteiger partial charge in [-0.1, -0.05) is 23.2 Å². The SMILES string of the molecule is COc1c(F)cc([C@@H]2[C@@H](C(=O)O)C2(Cl)Cl)cc1Br. The molecule has 1 saturated carbocycles. The van der Waals surface area contributed by atoms with Gasteiger partial charge in [-0.15, -0.1) is 0 Å². The maximum Gasteiger partial charge on any atom is 0.310 e. The monoisotopic (exact) mass is 356 g/mol. The molecule has 1 aliphatic rings. The maximum atomic E-state index is 13.7. The summed E-state index contributed by atoms with van der Waals surface area (Å²) in [5, 5.41) is 8.96. The van der Waals surface area contributed by atoms with E-state index in [0.717, 1.165) is 0 Å². The molecule has 0 heterocycles. The Bertz CT molecular complexity index is 498. The van der Waals surface area contributed by atoms with Crippen LogP contribution in [-0.2, 0) is 4.79 Å². The zero-order chi connectivity index (χ0) is 13.7. The minimum atomic E-state index is -1.40. The highest BCUT2D eigenvalue weighted by Gasteiger charge is 2.68. The number of aliphatic carboxylic acids is 1. The molecule has 1 fully saturated rings. The van der Waals surface area contributed by atoms with Crippen molar-refractivity contribution in [3.63, 3.8) is 0 Å². The second kappa shape index (κ2) is 4.54. The fourth-order valence-corrected chi connectivity index (χ4v) is 3.44. The van der Waals surface area contributed by atoms with E-state index in [-0.39, 0.29) is 5.75 Å². The number of hydrogen-bond acceptors (Lipinski definition) is 2. The van der Waals surface area contributed by atoms with E-state index in [1.165, 1.54) is 13.2 Å². The summed E-state index contributed by atoms with van der Waals surface area (Å²) in [5.41, 5.74) is 0.428. The smallest absolute Gasteiger partial charge is 0.310 e. The number of hydrogen-bond donors (Lipinski definition) is 1. The number of rotatable bonds is 3. The topological polar surface area (TPSA) is 46.5 Å². The van der Waals surface area contributed by atoms with Gasteiger partial charge in [-0.05, 0) is 33.6 Å². The van der Waals surface area contributed by atoms with Crippen LogP contribution in [0.5, 0.6) is 5.75 Å². The summed E-state index contributed by atoms with van der Waals surface area (Å²) in [7, 11) is 1.34. The molecule has 1 aliphatic carbocycles. The Morgan fingerprint density at radius 2 is 2.17 bits per heavy atom. The van der Waals surface area contributed by atoms with E-state index >= 15 is 0 Å². The number of halogens is 4. The molecule has 2 rings (SSSR count). The summed E-state index contributed by atoms with van der Waals surface area (Å²) in [6, 6.07) is 2.76. The van der Waals surface area contributed by atoms with Crippen molar-refractivity contribution in [3.05, 3.63) is 28.0 Å². The summed E-state index contributed by atoms with van der Waals surface area (Å²) in [6.07, 6.45) is 0. The standard InChI is InChI=1S/C11H8BrCl2FO3/c1-18-9-5(12)2-4(3-6(9)15)7-8(10(16)17)11(7,13)14/h2-3,7-8H,1H3,(H,16,17)/t7-,8+/m1/s1. The molecular weight excluding hydrogens is 350 g/mol. The molecule has 0 aromatic heterocycles. The summed E-state index contributed by atoms with van der Waals surface area (Å²) in [6.45, 7) is 0. The number of methoxy groups -OCH3 is 1. The number of carbonyl (C=O) groups is 1. The molecule has 3 nitrogen and oxygen atoms in total. The molecule has 0 amide bonds. The minimum Gasteiger partial charge on any atom is -0.492 e. The maximum absolute atomic E-state index is 13.7. The minimum absolute atomic E-state index is 0.0565. The van der Waals surface area contributed by atoms with Crippen LogP contribution in [-0.4, -0.2) is 22.5 Å². The summed E-state index contributed by atoms with van der Waals surface area (Å²) in [4.78, 5) is 11.0. The summed E-state index contributed by atoms with van der Waals surface area (Å²) < 4.78 is 17.5. The molecule has 0 spiro atoms. The summed E-state index contributed by atoms with van der Waals surface area (Å²) in [5.74, 6) is -3.20. The van der Waals surface area contributed by atoms with Crippen LogP contribution in [0, 0.1) is 11.7 Å². The van der Waals surface area contributed by atoms with Gasteiger partial charge in [0.15, 0.2) is 11.6 Å². The van der Waals surface area contributed by atoms with Gasteiger partial charge in [0.05, 0.1) is 17.5 Å². The van der Waals surface area contributed by atoms with E-state index in [0.29, 0.717) is 10.0 Å². The van der Waals surface area contributed by atoms with Crippen molar-refractivity contribution in [1.82, 2.24) is 0 Å². The second-order valence-electron chi connectivity index (χ2n) is 3.99. The van der Waals surface area contributed by atoms with Crippen molar-refractivity contribution >= 4 is 45.1 Å². The Kier molecular flexibility index (Phi) is 3.51. The van der Waals surface area contributed by atoms with Crippen molar-refractivity contribution in [1.29, 1.82) is 0 Å². The van der Waals surface area contributed by atoms with Crippen LogP contribution in [0.25, 0.3) is 0 Å². The van der Waals surface area contributed by atoms with Gasteiger partial charge in [0.1, 0.15) is 4.33 Å². The fourth-order valence-electron chi connectivity index (χ4n) is 2.00. The van der Waals surface area contributed by atoms with Crippen molar-refractivity contribution in [3.8, 4) is 5.75 Å². The lowest BCUT2D eigenvalue weighted by atomic mass is 10.1. The number of carboxylic acids is 1. The average molecular weight is 358 g/mol. The zero-order valence-corrected chi connectivity index (χ0v) is 12.2. The van der Waals surface area contributed by atoms with Gasteiger partial charge in [-0.2, -0.15) is 0 Å². The third-order valence-electron chi connectivity index (χ3n) is 2.90. The first kappa shape index (κ1) is 13.9. The number of benzene rings is 1. The highest BCUT2D eigenvalue weighted by atomic mass is 79.9. The van der Waals surface area contributed by atoms with Crippen LogP contribution in [0.1, 0.15) is 11.5 Å². The Labute approximate surface area is 121 Å². The number of ether oxygens (including phenoxy) is 1. The first-order valence-electron chi connectivity index (χ1n) is 4.94. The Balaban J connectivity index is 2.40. The van der Waals surface area contributed by atoms with E-state index in [9.17, 15) is 9.18 Å². The van der Waals surface area contributed by atoms with Crippen LogP contribution < -0.4 is 4.74 Å². The van der Waals surface area contributed by atoms with E-state index in [4.69, 9.17) is 33.0 Å². The first-order valence-corrected chi connectivity index (χ1v) is 6.49. The van der Waals surface area contributed by atoms with Gasteiger partial charge in [-0.3, -0.25) is 4.79 Å². The molecule has 0 saturated heterocycles. The van der Waals surface area contributed by atoms with Crippen LogP contribution >= 0.6 is 39.1 Å². The molecular formula is C11H8BrCl2FO3. The van der Waals surface area contributed by atoms with E-state index in [1.54, 1.807) is 6.07 Å². The Morgan fingerprint density at radius 1 is 1.56 bits per heavy atom. The molecule has 18 heavy (non-hydrogen) atoms. The number of carboxylic acid groups (broad SMARTS) is 1.